The summed E-state index contributed by atoms with van der Waals surface area (Å²) in [6.45, 7) is 8.66. The van der Waals surface area contributed by atoms with E-state index in [9.17, 15) is 9.59 Å². The van der Waals surface area contributed by atoms with Crippen molar-refractivity contribution in [2.45, 2.75) is 45.6 Å². The summed E-state index contributed by atoms with van der Waals surface area (Å²) < 4.78 is 0. The summed E-state index contributed by atoms with van der Waals surface area (Å²) in [5.74, 6) is -0.218. The minimum absolute atomic E-state index is 0.0142. The van der Waals surface area contributed by atoms with Crippen LogP contribution in [0, 0.1) is 0 Å². The summed E-state index contributed by atoms with van der Waals surface area (Å²) in [6, 6.07) is 7.52. The molecule has 20 heavy (non-hydrogen) atoms. The van der Waals surface area contributed by atoms with Crippen LogP contribution in [-0.4, -0.2) is 29.3 Å². The lowest BCUT2D eigenvalue weighted by Crippen LogP contribution is -2.35. The molecular weight excluding hydrogens is 252 g/mol. The SMILES string of the molecule is CCN1C(=O)CC(Nc2ccccc2C(C)(C)C)C1=O. The van der Waals surface area contributed by atoms with Crippen molar-refractivity contribution in [1.82, 2.24) is 4.90 Å². The number of hydrogen-bond donors (Lipinski definition) is 1. The Morgan fingerprint density at radius 2 is 1.90 bits per heavy atom. The molecule has 0 spiro atoms. The van der Waals surface area contributed by atoms with E-state index < -0.39 is 6.04 Å². The van der Waals surface area contributed by atoms with Gasteiger partial charge in [0.2, 0.25) is 5.91 Å². The Morgan fingerprint density at radius 1 is 1.25 bits per heavy atom. The minimum Gasteiger partial charge on any atom is -0.373 e. The van der Waals surface area contributed by atoms with Gasteiger partial charge in [-0.25, -0.2) is 0 Å². The van der Waals surface area contributed by atoms with Crippen LogP contribution in [0.3, 0.4) is 0 Å². The molecule has 1 N–H and O–H groups in total. The first-order chi connectivity index (χ1) is 9.34. The van der Waals surface area contributed by atoms with E-state index in [0.717, 1.165) is 11.3 Å². The van der Waals surface area contributed by atoms with Gasteiger partial charge in [0.15, 0.2) is 0 Å². The summed E-state index contributed by atoms with van der Waals surface area (Å²) in [5, 5.41) is 3.25. The smallest absolute Gasteiger partial charge is 0.252 e. The maximum atomic E-state index is 12.2. The second-order valence-corrected chi connectivity index (χ2v) is 6.17. The Hall–Kier alpha value is -1.84. The molecule has 0 aliphatic carbocycles. The number of likely N-dealkylation sites (tertiary alicyclic amines) is 1. The number of para-hydroxylation sites is 1. The van der Waals surface area contributed by atoms with E-state index in [4.69, 9.17) is 0 Å². The number of carbonyl (C=O) groups excluding carboxylic acids is 2. The van der Waals surface area contributed by atoms with Crippen molar-refractivity contribution in [3.63, 3.8) is 0 Å². The summed E-state index contributed by atoms with van der Waals surface area (Å²) in [4.78, 5) is 25.2. The zero-order chi connectivity index (χ0) is 14.9. The number of carbonyl (C=O) groups is 2. The molecule has 1 saturated heterocycles. The second kappa shape index (κ2) is 5.27. The van der Waals surface area contributed by atoms with Gasteiger partial charge in [-0.2, -0.15) is 0 Å². The fraction of sp³-hybridized carbons (Fsp3) is 0.500. The molecule has 0 radical (unpaired) electrons. The third-order valence-corrected chi connectivity index (χ3v) is 3.62. The molecule has 1 fully saturated rings. The Morgan fingerprint density at radius 3 is 2.45 bits per heavy atom. The van der Waals surface area contributed by atoms with Gasteiger partial charge in [-0.05, 0) is 24.0 Å². The second-order valence-electron chi connectivity index (χ2n) is 6.17. The maximum Gasteiger partial charge on any atom is 0.252 e. The monoisotopic (exact) mass is 274 g/mol. The number of imide groups is 1. The van der Waals surface area contributed by atoms with Crippen LogP contribution in [0.2, 0.25) is 0 Å². The third-order valence-electron chi connectivity index (χ3n) is 3.62. The van der Waals surface area contributed by atoms with Crippen molar-refractivity contribution in [3.8, 4) is 0 Å². The van der Waals surface area contributed by atoms with E-state index in [1.165, 1.54) is 4.90 Å². The average Bonchev–Trinajstić information content (AvgIpc) is 2.63. The average molecular weight is 274 g/mol. The zero-order valence-electron chi connectivity index (χ0n) is 12.6. The topological polar surface area (TPSA) is 49.4 Å². The molecule has 0 bridgehead atoms. The maximum absolute atomic E-state index is 12.2. The molecule has 0 saturated carbocycles. The van der Waals surface area contributed by atoms with Crippen LogP contribution in [0.15, 0.2) is 24.3 Å². The van der Waals surface area contributed by atoms with Crippen molar-refractivity contribution in [2.24, 2.45) is 0 Å². The van der Waals surface area contributed by atoms with Crippen molar-refractivity contribution < 1.29 is 9.59 Å². The van der Waals surface area contributed by atoms with Crippen LogP contribution >= 0.6 is 0 Å². The molecule has 2 amide bonds. The Bertz CT molecular complexity index is 532. The molecule has 108 valence electrons. The van der Waals surface area contributed by atoms with Gasteiger partial charge in [-0.1, -0.05) is 39.0 Å². The van der Waals surface area contributed by atoms with E-state index >= 15 is 0 Å². The van der Waals surface area contributed by atoms with Gasteiger partial charge >= 0.3 is 0 Å². The number of anilines is 1. The number of benzene rings is 1. The van der Waals surface area contributed by atoms with Gasteiger partial charge in [0, 0.05) is 12.2 Å². The third kappa shape index (κ3) is 2.69. The highest BCUT2D eigenvalue weighted by atomic mass is 16.2. The van der Waals surface area contributed by atoms with Crippen LogP contribution in [0.1, 0.15) is 39.7 Å². The van der Waals surface area contributed by atoms with Crippen LogP contribution < -0.4 is 5.32 Å². The van der Waals surface area contributed by atoms with Gasteiger partial charge < -0.3 is 5.32 Å². The molecule has 1 aromatic carbocycles. The standard InChI is InChI=1S/C16H22N2O2/c1-5-18-14(19)10-13(15(18)20)17-12-9-7-6-8-11(12)16(2,3)4/h6-9,13,17H,5,10H2,1-4H3. The first-order valence-electron chi connectivity index (χ1n) is 7.05. The van der Waals surface area contributed by atoms with Crippen LogP contribution in [-0.2, 0) is 15.0 Å². The summed E-state index contributed by atoms with van der Waals surface area (Å²) in [7, 11) is 0. The first-order valence-corrected chi connectivity index (χ1v) is 7.05. The number of nitrogens with zero attached hydrogens (tertiary/aromatic N) is 1. The molecule has 1 unspecified atom stereocenters. The van der Waals surface area contributed by atoms with E-state index in [-0.39, 0.29) is 23.7 Å². The highest BCUT2D eigenvalue weighted by Crippen LogP contribution is 2.30. The number of hydrogen-bond acceptors (Lipinski definition) is 3. The molecular formula is C16H22N2O2. The minimum atomic E-state index is -0.439. The molecule has 1 aliphatic heterocycles. The molecule has 4 nitrogen and oxygen atoms in total. The summed E-state index contributed by atoms with van der Waals surface area (Å²) in [6.07, 6.45) is 0.241. The number of nitrogens with one attached hydrogen (secondary N) is 1. The lowest BCUT2D eigenvalue weighted by Gasteiger charge is -2.24. The zero-order valence-corrected chi connectivity index (χ0v) is 12.6. The predicted molar refractivity (Wildman–Crippen MR) is 79.6 cm³/mol. The van der Waals surface area contributed by atoms with Crippen LogP contribution in [0.4, 0.5) is 5.69 Å². The van der Waals surface area contributed by atoms with Gasteiger partial charge in [-0.3, -0.25) is 14.5 Å². The van der Waals surface area contributed by atoms with Gasteiger partial charge in [0.1, 0.15) is 6.04 Å². The number of likely N-dealkylation sites (N-methyl/N-ethyl adjacent to an activating group) is 1. The molecule has 1 atom stereocenters. The summed E-state index contributed by atoms with van der Waals surface area (Å²) in [5.41, 5.74) is 2.07. The molecule has 1 aromatic rings. The van der Waals surface area contributed by atoms with Gasteiger partial charge in [0.25, 0.3) is 5.91 Å². The molecule has 0 aromatic heterocycles. The van der Waals surface area contributed by atoms with Crippen LogP contribution in [0.25, 0.3) is 0 Å². The van der Waals surface area contributed by atoms with Gasteiger partial charge in [-0.15, -0.1) is 0 Å². The normalized spacial score (nSPS) is 19.6. The number of rotatable bonds is 3. The largest absolute Gasteiger partial charge is 0.373 e. The lowest BCUT2D eigenvalue weighted by molar-refractivity contribution is -0.138. The van der Waals surface area contributed by atoms with E-state index in [1.807, 2.05) is 25.1 Å². The highest BCUT2D eigenvalue weighted by molar-refractivity contribution is 6.06. The predicted octanol–water partition coefficient (Wildman–Crippen LogP) is 2.54. The summed E-state index contributed by atoms with van der Waals surface area (Å²) >= 11 is 0. The van der Waals surface area contributed by atoms with E-state index in [1.54, 1.807) is 0 Å². The molecule has 1 heterocycles. The van der Waals surface area contributed by atoms with Crippen molar-refractivity contribution in [1.29, 1.82) is 0 Å². The highest BCUT2D eigenvalue weighted by Gasteiger charge is 2.37. The first kappa shape index (κ1) is 14.6. The van der Waals surface area contributed by atoms with E-state index in [2.05, 4.69) is 32.2 Å². The quantitative estimate of drug-likeness (QED) is 0.862. The molecule has 1 aliphatic rings. The van der Waals surface area contributed by atoms with Crippen molar-refractivity contribution in [3.05, 3.63) is 29.8 Å². The van der Waals surface area contributed by atoms with Gasteiger partial charge in [0.05, 0.1) is 6.42 Å². The van der Waals surface area contributed by atoms with Crippen LogP contribution in [0.5, 0.6) is 0 Å². The Labute approximate surface area is 120 Å². The Kier molecular flexibility index (Phi) is 3.84. The Balaban J connectivity index is 2.24. The lowest BCUT2D eigenvalue weighted by atomic mass is 9.85. The van der Waals surface area contributed by atoms with E-state index in [0.29, 0.717) is 6.54 Å². The number of amides is 2. The molecule has 4 heteroatoms. The van der Waals surface area contributed by atoms with Crippen molar-refractivity contribution >= 4 is 17.5 Å². The molecule has 2 rings (SSSR count). The van der Waals surface area contributed by atoms with Crippen molar-refractivity contribution in [2.75, 3.05) is 11.9 Å². The fourth-order valence-electron chi connectivity index (χ4n) is 2.58. The fourth-order valence-corrected chi connectivity index (χ4v) is 2.58.